The van der Waals surface area contributed by atoms with Gasteiger partial charge in [-0.3, -0.25) is 0 Å². The molecule has 7 nitrogen and oxygen atoms in total. The van der Waals surface area contributed by atoms with Crippen LogP contribution in [0.5, 0.6) is 0 Å². The number of primary sulfonamides is 1. The Morgan fingerprint density at radius 3 is 2.57 bits per heavy atom. The van der Waals surface area contributed by atoms with E-state index in [1.807, 2.05) is 30.3 Å². The van der Waals surface area contributed by atoms with Crippen molar-refractivity contribution in [2.75, 3.05) is 6.61 Å². The van der Waals surface area contributed by atoms with E-state index >= 15 is 0 Å². The minimum Gasteiger partial charge on any atom is -0.462 e. The third kappa shape index (κ3) is 3.47. The van der Waals surface area contributed by atoms with Crippen LogP contribution in [0.15, 0.2) is 41.6 Å². The van der Waals surface area contributed by atoms with Gasteiger partial charge in [-0.15, -0.1) is 0 Å². The van der Waals surface area contributed by atoms with Crippen molar-refractivity contribution in [3.63, 3.8) is 0 Å². The number of carbonyl (C=O) groups excluding carboxylic acids is 1. The molecule has 2 rings (SSSR count). The summed E-state index contributed by atoms with van der Waals surface area (Å²) in [6.45, 7) is 1.95. The highest BCUT2D eigenvalue weighted by Crippen LogP contribution is 2.17. The molecule has 0 bridgehead atoms. The Hall–Kier alpha value is -2.19. The largest absolute Gasteiger partial charge is 0.462 e. The summed E-state index contributed by atoms with van der Waals surface area (Å²) < 4.78 is 29.5. The van der Waals surface area contributed by atoms with E-state index in [1.54, 1.807) is 6.92 Å². The molecule has 0 spiro atoms. The number of aromatic nitrogens is 2. The zero-order valence-electron chi connectivity index (χ0n) is 11.4. The van der Waals surface area contributed by atoms with Crippen LogP contribution in [0.25, 0.3) is 0 Å². The molecular formula is C13H15N3O4S. The predicted octanol–water partition coefficient (Wildman–Crippen LogP) is 0.756. The predicted molar refractivity (Wildman–Crippen MR) is 75.1 cm³/mol. The van der Waals surface area contributed by atoms with Gasteiger partial charge in [0.1, 0.15) is 5.56 Å². The van der Waals surface area contributed by atoms with Crippen molar-refractivity contribution in [2.24, 2.45) is 5.14 Å². The third-order valence-electron chi connectivity index (χ3n) is 2.73. The number of carbonyl (C=O) groups is 1. The second-order valence-electron chi connectivity index (χ2n) is 4.27. The summed E-state index contributed by atoms with van der Waals surface area (Å²) in [4.78, 5) is 11.8. The van der Waals surface area contributed by atoms with Gasteiger partial charge in [-0.25, -0.2) is 23.0 Å². The average Bonchev–Trinajstić information content (AvgIpc) is 2.84. The molecule has 0 aliphatic rings. The second kappa shape index (κ2) is 6.06. The van der Waals surface area contributed by atoms with Gasteiger partial charge in [0.25, 0.3) is 10.0 Å². The zero-order chi connectivity index (χ0) is 15.5. The fourth-order valence-corrected chi connectivity index (χ4v) is 2.74. The highest BCUT2D eigenvalue weighted by molar-refractivity contribution is 7.89. The summed E-state index contributed by atoms with van der Waals surface area (Å²) in [5.74, 6) is -0.763. The highest BCUT2D eigenvalue weighted by atomic mass is 32.2. The smallest absolute Gasteiger partial charge is 0.342 e. The molecule has 0 radical (unpaired) electrons. The Morgan fingerprint density at radius 1 is 1.33 bits per heavy atom. The minimum absolute atomic E-state index is 0.132. The van der Waals surface area contributed by atoms with Crippen LogP contribution in [0.2, 0.25) is 0 Å². The quantitative estimate of drug-likeness (QED) is 0.821. The Balaban J connectivity index is 2.45. The molecule has 1 heterocycles. The van der Waals surface area contributed by atoms with Crippen molar-refractivity contribution in [2.45, 2.75) is 18.5 Å². The van der Waals surface area contributed by atoms with Gasteiger partial charge in [-0.05, 0) is 12.5 Å². The lowest BCUT2D eigenvalue weighted by Gasteiger charge is -2.07. The first-order chi connectivity index (χ1) is 9.93. The molecule has 8 heteroatoms. The van der Waals surface area contributed by atoms with Crippen LogP contribution in [0.1, 0.15) is 22.8 Å². The van der Waals surface area contributed by atoms with E-state index in [0.717, 1.165) is 11.8 Å². The fraction of sp³-hybridized carbons (Fsp3) is 0.231. The highest BCUT2D eigenvalue weighted by Gasteiger charge is 2.26. The van der Waals surface area contributed by atoms with Crippen molar-refractivity contribution in [1.82, 2.24) is 9.78 Å². The van der Waals surface area contributed by atoms with Crippen LogP contribution in [-0.2, 0) is 21.3 Å². The number of nitrogens with two attached hydrogens (primary N) is 1. The first-order valence-electron chi connectivity index (χ1n) is 6.23. The summed E-state index contributed by atoms with van der Waals surface area (Å²) in [6, 6.07) is 9.12. The van der Waals surface area contributed by atoms with Crippen LogP contribution in [-0.4, -0.2) is 30.8 Å². The van der Waals surface area contributed by atoms with Crippen LogP contribution in [0.4, 0.5) is 0 Å². The molecule has 0 fully saturated rings. The van der Waals surface area contributed by atoms with Crippen molar-refractivity contribution < 1.29 is 17.9 Å². The standard InChI is InChI=1S/C13H15N3O4S/c1-2-20-13(17)11-8-15-16(12(11)21(14,18)19)9-10-6-4-3-5-7-10/h3-8H,2,9H2,1H3,(H2,14,18,19). The van der Waals surface area contributed by atoms with Gasteiger partial charge < -0.3 is 4.74 Å². The molecule has 1 aromatic carbocycles. The summed E-state index contributed by atoms with van der Waals surface area (Å²) in [6.07, 6.45) is 1.15. The lowest BCUT2D eigenvalue weighted by Crippen LogP contribution is -2.21. The first kappa shape index (κ1) is 15.2. The number of nitrogens with zero attached hydrogens (tertiary/aromatic N) is 2. The molecule has 2 aromatic rings. The van der Waals surface area contributed by atoms with Crippen LogP contribution >= 0.6 is 0 Å². The van der Waals surface area contributed by atoms with Gasteiger partial charge in [0.2, 0.25) is 0 Å². The van der Waals surface area contributed by atoms with E-state index in [1.165, 1.54) is 4.68 Å². The normalized spacial score (nSPS) is 11.3. The van der Waals surface area contributed by atoms with E-state index in [9.17, 15) is 13.2 Å². The molecule has 0 saturated heterocycles. The molecule has 0 saturated carbocycles. The molecule has 21 heavy (non-hydrogen) atoms. The molecule has 0 unspecified atom stereocenters. The molecule has 2 N–H and O–H groups in total. The van der Waals surface area contributed by atoms with Crippen molar-refractivity contribution >= 4 is 16.0 Å². The minimum atomic E-state index is -4.10. The van der Waals surface area contributed by atoms with Gasteiger partial charge >= 0.3 is 5.97 Å². The maximum absolute atomic E-state index is 11.8. The van der Waals surface area contributed by atoms with Crippen LogP contribution in [0, 0.1) is 0 Å². The monoisotopic (exact) mass is 309 g/mol. The van der Waals surface area contributed by atoms with Crippen molar-refractivity contribution in [1.29, 1.82) is 0 Å². The van der Waals surface area contributed by atoms with Gasteiger partial charge in [0.05, 0.1) is 19.3 Å². The van der Waals surface area contributed by atoms with E-state index in [0.29, 0.717) is 0 Å². The van der Waals surface area contributed by atoms with Crippen molar-refractivity contribution in [3.8, 4) is 0 Å². The SMILES string of the molecule is CCOC(=O)c1cnn(Cc2ccccc2)c1S(N)(=O)=O. The summed E-state index contributed by atoms with van der Waals surface area (Å²) in [5, 5.41) is 8.79. The Kier molecular flexibility index (Phi) is 4.39. The van der Waals surface area contributed by atoms with E-state index in [4.69, 9.17) is 9.88 Å². The van der Waals surface area contributed by atoms with Crippen LogP contribution < -0.4 is 5.14 Å². The lowest BCUT2D eigenvalue weighted by molar-refractivity contribution is 0.0521. The molecule has 0 amide bonds. The Bertz CT molecular complexity index is 738. The average molecular weight is 309 g/mol. The summed E-state index contributed by atoms with van der Waals surface area (Å²) in [7, 11) is -4.10. The van der Waals surface area contributed by atoms with Gasteiger partial charge in [-0.1, -0.05) is 30.3 Å². The number of benzene rings is 1. The van der Waals surface area contributed by atoms with Gasteiger partial charge in [-0.2, -0.15) is 5.10 Å². The number of hydrogen-bond donors (Lipinski definition) is 1. The molecule has 0 aliphatic carbocycles. The number of ether oxygens (including phenoxy) is 1. The van der Waals surface area contributed by atoms with E-state index in [-0.39, 0.29) is 23.7 Å². The summed E-state index contributed by atoms with van der Waals surface area (Å²) in [5.41, 5.74) is 0.677. The molecule has 112 valence electrons. The van der Waals surface area contributed by atoms with Crippen LogP contribution in [0.3, 0.4) is 0 Å². The Morgan fingerprint density at radius 2 is 2.00 bits per heavy atom. The molecule has 0 atom stereocenters. The Labute approximate surface area is 122 Å². The number of esters is 1. The summed E-state index contributed by atoms with van der Waals surface area (Å²) >= 11 is 0. The molecular weight excluding hydrogens is 294 g/mol. The van der Waals surface area contributed by atoms with Gasteiger partial charge in [0.15, 0.2) is 5.03 Å². The fourth-order valence-electron chi connectivity index (χ4n) is 1.89. The zero-order valence-corrected chi connectivity index (χ0v) is 12.2. The van der Waals surface area contributed by atoms with E-state index in [2.05, 4.69) is 5.10 Å². The van der Waals surface area contributed by atoms with Crippen molar-refractivity contribution in [3.05, 3.63) is 47.7 Å². The molecule has 0 aliphatic heterocycles. The number of rotatable bonds is 5. The van der Waals surface area contributed by atoms with E-state index < -0.39 is 16.0 Å². The topological polar surface area (TPSA) is 104 Å². The number of hydrogen-bond acceptors (Lipinski definition) is 5. The lowest BCUT2D eigenvalue weighted by atomic mass is 10.2. The second-order valence-corrected chi connectivity index (χ2v) is 5.75. The number of sulfonamides is 1. The molecule has 1 aromatic heterocycles. The third-order valence-corrected chi connectivity index (χ3v) is 3.70. The van der Waals surface area contributed by atoms with Gasteiger partial charge in [0, 0.05) is 0 Å². The first-order valence-corrected chi connectivity index (χ1v) is 7.77. The maximum Gasteiger partial charge on any atom is 0.342 e. The maximum atomic E-state index is 11.8.